The second-order valence-corrected chi connectivity index (χ2v) is 9.75. The van der Waals surface area contributed by atoms with E-state index in [1.165, 1.54) is 0 Å². The van der Waals surface area contributed by atoms with E-state index in [-0.39, 0.29) is 0 Å². The topological polar surface area (TPSA) is 43.6 Å². The van der Waals surface area contributed by atoms with Crippen LogP contribution in [0.15, 0.2) is 134 Å². The highest BCUT2D eigenvalue weighted by Crippen LogP contribution is 2.33. The van der Waals surface area contributed by atoms with Gasteiger partial charge in [0.25, 0.3) is 0 Å². The number of hydrogen-bond donors (Lipinski definition) is 0. The van der Waals surface area contributed by atoms with Crippen molar-refractivity contribution in [2.45, 2.75) is 0 Å². The van der Waals surface area contributed by atoms with E-state index in [0.29, 0.717) is 0 Å². The zero-order chi connectivity index (χ0) is 25.8. The monoisotopic (exact) mass is 498 g/mol. The molecule has 0 saturated heterocycles. The molecule has 4 heteroatoms. The van der Waals surface area contributed by atoms with Crippen molar-refractivity contribution in [3.8, 4) is 28.3 Å². The van der Waals surface area contributed by atoms with E-state index in [9.17, 15) is 0 Å². The van der Waals surface area contributed by atoms with Gasteiger partial charge in [-0.15, -0.1) is 0 Å². The van der Waals surface area contributed by atoms with Gasteiger partial charge in [-0.2, -0.15) is 0 Å². The molecular formula is C35H22N4. The number of aromatic nitrogens is 4. The highest BCUT2D eigenvalue weighted by atomic mass is 15.1. The zero-order valence-electron chi connectivity index (χ0n) is 21.0. The predicted octanol–water partition coefficient (Wildman–Crippen LogP) is 8.61. The Labute approximate surface area is 224 Å². The van der Waals surface area contributed by atoms with Gasteiger partial charge in [-0.05, 0) is 41.8 Å². The number of fused-ring (bicyclic) bond motifs is 6. The van der Waals surface area contributed by atoms with Crippen LogP contribution in [0.3, 0.4) is 0 Å². The normalized spacial score (nSPS) is 11.6. The van der Waals surface area contributed by atoms with Crippen molar-refractivity contribution < 1.29 is 0 Å². The standard InChI is InChI=1S/C35H22N4/c1-2-7-27(8-3-1)35-38-30-10-4-5-11-31(30)39(35)28-19-16-23(17-20-28)29-21-18-26-15-13-24-12-14-25-9-6-22-36-33(25)32(24)34(26)37-29/h1-22H. The zero-order valence-corrected chi connectivity index (χ0v) is 21.0. The number of rotatable bonds is 3. The van der Waals surface area contributed by atoms with Crippen LogP contribution in [0.4, 0.5) is 0 Å². The Bertz CT molecular complexity index is 2160. The van der Waals surface area contributed by atoms with E-state index in [2.05, 4.69) is 114 Å². The molecule has 4 nitrogen and oxygen atoms in total. The first kappa shape index (κ1) is 21.7. The molecule has 3 heterocycles. The number of para-hydroxylation sites is 2. The van der Waals surface area contributed by atoms with Crippen LogP contribution in [-0.4, -0.2) is 19.5 Å². The van der Waals surface area contributed by atoms with Gasteiger partial charge in [0.05, 0.1) is 27.8 Å². The number of nitrogens with zero attached hydrogens (tertiary/aromatic N) is 4. The molecule has 0 radical (unpaired) electrons. The fourth-order valence-corrected chi connectivity index (χ4v) is 5.54. The summed E-state index contributed by atoms with van der Waals surface area (Å²) in [6.45, 7) is 0. The highest BCUT2D eigenvalue weighted by Gasteiger charge is 2.15. The van der Waals surface area contributed by atoms with Crippen LogP contribution in [0.2, 0.25) is 0 Å². The van der Waals surface area contributed by atoms with Crippen LogP contribution < -0.4 is 0 Å². The Morgan fingerprint density at radius 3 is 2.05 bits per heavy atom. The second-order valence-electron chi connectivity index (χ2n) is 9.75. The van der Waals surface area contributed by atoms with Crippen molar-refractivity contribution >= 4 is 43.6 Å². The molecule has 0 spiro atoms. The lowest BCUT2D eigenvalue weighted by molar-refractivity contribution is 1.10. The minimum atomic E-state index is 0.930. The van der Waals surface area contributed by atoms with Gasteiger partial charge in [-0.3, -0.25) is 9.55 Å². The molecule has 8 aromatic rings. The van der Waals surface area contributed by atoms with Gasteiger partial charge in [0.15, 0.2) is 0 Å². The summed E-state index contributed by atoms with van der Waals surface area (Å²) in [4.78, 5) is 14.9. The molecule has 3 aromatic heterocycles. The molecule has 0 aliphatic heterocycles. The number of pyridine rings is 2. The third-order valence-corrected chi connectivity index (χ3v) is 7.43. The first-order chi connectivity index (χ1) is 19.3. The Hall–Kier alpha value is -5.35. The van der Waals surface area contributed by atoms with Crippen LogP contribution in [0.5, 0.6) is 0 Å². The summed E-state index contributed by atoms with van der Waals surface area (Å²) in [5, 5.41) is 4.48. The summed E-state index contributed by atoms with van der Waals surface area (Å²) in [6.07, 6.45) is 1.85. The summed E-state index contributed by atoms with van der Waals surface area (Å²) in [5.74, 6) is 0.930. The maximum Gasteiger partial charge on any atom is 0.145 e. The Morgan fingerprint density at radius 1 is 0.487 bits per heavy atom. The van der Waals surface area contributed by atoms with Crippen LogP contribution in [0.1, 0.15) is 0 Å². The summed E-state index contributed by atoms with van der Waals surface area (Å²) in [5.41, 5.74) is 8.17. The lowest BCUT2D eigenvalue weighted by Crippen LogP contribution is -1.97. The van der Waals surface area contributed by atoms with Crippen LogP contribution >= 0.6 is 0 Å². The fourth-order valence-electron chi connectivity index (χ4n) is 5.54. The van der Waals surface area contributed by atoms with Gasteiger partial charge in [0, 0.05) is 39.2 Å². The lowest BCUT2D eigenvalue weighted by atomic mass is 10.0. The van der Waals surface area contributed by atoms with Gasteiger partial charge in [-0.1, -0.05) is 91.0 Å². The van der Waals surface area contributed by atoms with Crippen molar-refractivity contribution in [2.24, 2.45) is 0 Å². The van der Waals surface area contributed by atoms with Gasteiger partial charge < -0.3 is 0 Å². The van der Waals surface area contributed by atoms with Gasteiger partial charge in [0.2, 0.25) is 0 Å². The lowest BCUT2D eigenvalue weighted by Gasteiger charge is -2.11. The van der Waals surface area contributed by atoms with E-state index in [4.69, 9.17) is 15.0 Å². The van der Waals surface area contributed by atoms with Crippen molar-refractivity contribution in [3.05, 3.63) is 134 Å². The van der Waals surface area contributed by atoms with E-state index >= 15 is 0 Å². The largest absolute Gasteiger partial charge is 0.292 e. The Balaban J connectivity index is 1.28. The molecule has 39 heavy (non-hydrogen) atoms. The summed E-state index contributed by atoms with van der Waals surface area (Å²) in [6, 6.07) is 44.1. The first-order valence-corrected chi connectivity index (χ1v) is 13.0. The van der Waals surface area contributed by atoms with Crippen molar-refractivity contribution in [1.82, 2.24) is 19.5 Å². The van der Waals surface area contributed by atoms with E-state index in [1.807, 2.05) is 24.4 Å². The molecule has 0 N–H and O–H groups in total. The molecule has 5 aromatic carbocycles. The third-order valence-electron chi connectivity index (χ3n) is 7.43. The average molecular weight is 499 g/mol. The summed E-state index contributed by atoms with van der Waals surface area (Å²) >= 11 is 0. The molecule has 8 rings (SSSR count). The molecular weight excluding hydrogens is 476 g/mol. The SMILES string of the molecule is c1ccc(-c2nc3ccccc3n2-c2ccc(-c3ccc4ccc5ccc6cccnc6c5c4n3)cc2)cc1. The smallest absolute Gasteiger partial charge is 0.145 e. The van der Waals surface area contributed by atoms with E-state index in [0.717, 1.165) is 71.9 Å². The van der Waals surface area contributed by atoms with Gasteiger partial charge in [-0.25, -0.2) is 9.97 Å². The maximum absolute atomic E-state index is 5.17. The maximum atomic E-state index is 5.17. The molecule has 0 saturated carbocycles. The molecule has 0 amide bonds. The summed E-state index contributed by atoms with van der Waals surface area (Å²) < 4.78 is 2.23. The molecule has 0 aliphatic carbocycles. The highest BCUT2D eigenvalue weighted by molar-refractivity contribution is 6.17. The van der Waals surface area contributed by atoms with Crippen LogP contribution in [0, 0.1) is 0 Å². The molecule has 0 atom stereocenters. The predicted molar refractivity (Wildman–Crippen MR) is 160 cm³/mol. The van der Waals surface area contributed by atoms with Crippen LogP contribution in [0.25, 0.3) is 71.9 Å². The van der Waals surface area contributed by atoms with Crippen molar-refractivity contribution in [1.29, 1.82) is 0 Å². The Morgan fingerprint density at radius 2 is 1.21 bits per heavy atom. The first-order valence-electron chi connectivity index (χ1n) is 13.0. The van der Waals surface area contributed by atoms with Crippen molar-refractivity contribution in [3.63, 3.8) is 0 Å². The van der Waals surface area contributed by atoms with Crippen molar-refractivity contribution in [2.75, 3.05) is 0 Å². The number of benzene rings is 5. The minimum Gasteiger partial charge on any atom is -0.292 e. The van der Waals surface area contributed by atoms with Crippen LogP contribution in [-0.2, 0) is 0 Å². The molecule has 0 bridgehead atoms. The van der Waals surface area contributed by atoms with Gasteiger partial charge >= 0.3 is 0 Å². The molecule has 0 aliphatic rings. The van der Waals surface area contributed by atoms with Gasteiger partial charge in [0.1, 0.15) is 5.82 Å². The third kappa shape index (κ3) is 3.50. The Kier molecular flexibility index (Phi) is 4.79. The fraction of sp³-hybridized carbons (Fsp3) is 0. The number of hydrogen-bond acceptors (Lipinski definition) is 3. The second kappa shape index (κ2) is 8.61. The number of imidazole rings is 1. The molecule has 182 valence electrons. The molecule has 0 unspecified atom stereocenters. The van der Waals surface area contributed by atoms with E-state index < -0.39 is 0 Å². The average Bonchev–Trinajstić information content (AvgIpc) is 3.41. The molecule has 0 fully saturated rings. The summed E-state index contributed by atoms with van der Waals surface area (Å²) in [7, 11) is 0. The quantitative estimate of drug-likeness (QED) is 0.229. The van der Waals surface area contributed by atoms with E-state index in [1.54, 1.807) is 0 Å². The minimum absolute atomic E-state index is 0.930.